The molecule has 1 aliphatic heterocycles. The highest BCUT2D eigenvalue weighted by Crippen LogP contribution is 2.14. The number of likely N-dealkylation sites (N-methyl/N-ethyl adjacent to an activating group) is 1. The molecular formula is C18H27N3O3. The van der Waals surface area contributed by atoms with Gasteiger partial charge in [-0.2, -0.15) is 0 Å². The summed E-state index contributed by atoms with van der Waals surface area (Å²) in [5.41, 5.74) is 0.513. The number of hydrogen-bond acceptors (Lipinski definition) is 4. The van der Waals surface area contributed by atoms with Crippen LogP contribution in [0.15, 0.2) is 24.3 Å². The van der Waals surface area contributed by atoms with Gasteiger partial charge in [0.15, 0.2) is 0 Å². The SMILES string of the molecule is COc1ccc(C(=O)NC(C(=O)N(C)C2CCNC2)C(C)C)cc1. The van der Waals surface area contributed by atoms with Gasteiger partial charge in [-0.15, -0.1) is 0 Å². The Bertz CT molecular complexity index is 565. The second kappa shape index (κ2) is 8.15. The zero-order valence-electron chi connectivity index (χ0n) is 14.8. The molecule has 6 nitrogen and oxygen atoms in total. The third-order valence-electron chi connectivity index (χ3n) is 4.50. The Morgan fingerprint density at radius 2 is 1.96 bits per heavy atom. The normalized spacial score (nSPS) is 18.3. The number of rotatable bonds is 6. The summed E-state index contributed by atoms with van der Waals surface area (Å²) >= 11 is 0. The molecule has 1 heterocycles. The molecule has 2 amide bonds. The van der Waals surface area contributed by atoms with Gasteiger partial charge in [-0.25, -0.2) is 0 Å². The van der Waals surface area contributed by atoms with E-state index in [0.29, 0.717) is 11.3 Å². The van der Waals surface area contributed by atoms with Gasteiger partial charge >= 0.3 is 0 Å². The maximum atomic E-state index is 12.8. The van der Waals surface area contributed by atoms with Gasteiger partial charge in [-0.1, -0.05) is 13.8 Å². The molecule has 2 atom stereocenters. The second-order valence-electron chi connectivity index (χ2n) is 6.52. The number of hydrogen-bond donors (Lipinski definition) is 2. The minimum atomic E-state index is -0.537. The van der Waals surface area contributed by atoms with Crippen molar-refractivity contribution in [2.75, 3.05) is 27.2 Å². The van der Waals surface area contributed by atoms with E-state index in [1.165, 1.54) is 0 Å². The number of carbonyl (C=O) groups excluding carboxylic acids is 2. The summed E-state index contributed by atoms with van der Waals surface area (Å²) in [7, 11) is 3.39. The van der Waals surface area contributed by atoms with Crippen molar-refractivity contribution in [2.24, 2.45) is 5.92 Å². The van der Waals surface area contributed by atoms with E-state index in [-0.39, 0.29) is 23.8 Å². The summed E-state index contributed by atoms with van der Waals surface area (Å²) in [5, 5.41) is 6.14. The van der Waals surface area contributed by atoms with Gasteiger partial charge in [-0.3, -0.25) is 9.59 Å². The van der Waals surface area contributed by atoms with E-state index in [9.17, 15) is 9.59 Å². The molecule has 0 saturated carbocycles. The van der Waals surface area contributed by atoms with E-state index in [0.717, 1.165) is 19.5 Å². The summed E-state index contributed by atoms with van der Waals surface area (Å²) in [6.45, 7) is 5.61. The van der Waals surface area contributed by atoms with Crippen LogP contribution in [0.25, 0.3) is 0 Å². The average Bonchev–Trinajstić information content (AvgIpc) is 3.12. The Labute approximate surface area is 143 Å². The number of amides is 2. The molecule has 1 saturated heterocycles. The first-order valence-corrected chi connectivity index (χ1v) is 8.36. The third-order valence-corrected chi connectivity index (χ3v) is 4.50. The standard InChI is InChI=1S/C18H27N3O3/c1-12(2)16(18(23)21(3)14-9-10-19-11-14)20-17(22)13-5-7-15(24-4)8-6-13/h5-8,12,14,16,19H,9-11H2,1-4H3,(H,20,22). The molecule has 0 spiro atoms. The molecule has 6 heteroatoms. The van der Waals surface area contributed by atoms with Crippen LogP contribution in [0, 0.1) is 5.92 Å². The summed E-state index contributed by atoms with van der Waals surface area (Å²) in [6, 6.07) is 6.51. The quantitative estimate of drug-likeness (QED) is 0.822. The lowest BCUT2D eigenvalue weighted by atomic mass is 10.0. The van der Waals surface area contributed by atoms with E-state index in [1.54, 1.807) is 36.3 Å². The molecule has 2 rings (SSSR count). The summed E-state index contributed by atoms with van der Waals surface area (Å²) in [5.74, 6) is 0.413. The Morgan fingerprint density at radius 3 is 2.46 bits per heavy atom. The van der Waals surface area contributed by atoms with E-state index in [2.05, 4.69) is 10.6 Å². The van der Waals surface area contributed by atoms with Gasteiger partial charge in [0.2, 0.25) is 5.91 Å². The van der Waals surface area contributed by atoms with Crippen molar-refractivity contribution in [3.8, 4) is 5.75 Å². The van der Waals surface area contributed by atoms with E-state index < -0.39 is 6.04 Å². The number of nitrogens with zero attached hydrogens (tertiary/aromatic N) is 1. The van der Waals surface area contributed by atoms with Crippen LogP contribution in [0.2, 0.25) is 0 Å². The Balaban J connectivity index is 2.06. The van der Waals surface area contributed by atoms with E-state index in [1.807, 2.05) is 20.9 Å². The first kappa shape index (κ1) is 18.3. The Kier molecular flexibility index (Phi) is 6.20. The lowest BCUT2D eigenvalue weighted by molar-refractivity contribution is -0.134. The van der Waals surface area contributed by atoms with Gasteiger partial charge in [0, 0.05) is 25.2 Å². The zero-order chi connectivity index (χ0) is 17.7. The van der Waals surface area contributed by atoms with Crippen molar-refractivity contribution in [2.45, 2.75) is 32.4 Å². The van der Waals surface area contributed by atoms with Crippen LogP contribution < -0.4 is 15.4 Å². The highest BCUT2D eigenvalue weighted by Gasteiger charge is 2.31. The highest BCUT2D eigenvalue weighted by atomic mass is 16.5. The molecule has 1 aliphatic rings. The topological polar surface area (TPSA) is 70.7 Å². The van der Waals surface area contributed by atoms with Crippen LogP contribution in [-0.2, 0) is 4.79 Å². The average molecular weight is 333 g/mol. The molecule has 2 unspecified atom stereocenters. The van der Waals surface area contributed by atoms with Crippen LogP contribution in [0.5, 0.6) is 5.75 Å². The van der Waals surface area contributed by atoms with Crippen molar-refractivity contribution in [3.63, 3.8) is 0 Å². The molecule has 2 N–H and O–H groups in total. The molecule has 132 valence electrons. The summed E-state index contributed by atoms with van der Waals surface area (Å²) in [4.78, 5) is 27.0. The van der Waals surface area contributed by atoms with Gasteiger partial charge in [0.1, 0.15) is 11.8 Å². The minimum Gasteiger partial charge on any atom is -0.497 e. The lowest BCUT2D eigenvalue weighted by Crippen LogP contribution is -2.53. The Hall–Kier alpha value is -2.08. The fourth-order valence-corrected chi connectivity index (χ4v) is 2.85. The third kappa shape index (κ3) is 4.26. The van der Waals surface area contributed by atoms with Crippen molar-refractivity contribution in [1.82, 2.24) is 15.5 Å². The van der Waals surface area contributed by atoms with Crippen molar-refractivity contribution >= 4 is 11.8 Å². The maximum Gasteiger partial charge on any atom is 0.251 e. The fourth-order valence-electron chi connectivity index (χ4n) is 2.85. The molecular weight excluding hydrogens is 306 g/mol. The number of benzene rings is 1. The maximum absolute atomic E-state index is 12.8. The molecule has 1 aromatic rings. The van der Waals surface area contributed by atoms with Crippen LogP contribution >= 0.6 is 0 Å². The Morgan fingerprint density at radius 1 is 1.29 bits per heavy atom. The molecule has 0 radical (unpaired) electrons. The molecule has 0 aromatic heterocycles. The number of nitrogens with one attached hydrogen (secondary N) is 2. The smallest absolute Gasteiger partial charge is 0.251 e. The van der Waals surface area contributed by atoms with Gasteiger partial charge in [0.25, 0.3) is 5.91 Å². The largest absolute Gasteiger partial charge is 0.497 e. The van der Waals surface area contributed by atoms with E-state index >= 15 is 0 Å². The zero-order valence-corrected chi connectivity index (χ0v) is 14.8. The fraction of sp³-hybridized carbons (Fsp3) is 0.556. The van der Waals surface area contributed by atoms with Crippen molar-refractivity contribution < 1.29 is 14.3 Å². The molecule has 24 heavy (non-hydrogen) atoms. The molecule has 1 fully saturated rings. The van der Waals surface area contributed by atoms with Crippen molar-refractivity contribution in [3.05, 3.63) is 29.8 Å². The summed E-state index contributed by atoms with van der Waals surface area (Å²) < 4.78 is 5.10. The van der Waals surface area contributed by atoms with Gasteiger partial charge in [-0.05, 0) is 43.1 Å². The second-order valence-corrected chi connectivity index (χ2v) is 6.52. The predicted molar refractivity (Wildman–Crippen MR) is 93.1 cm³/mol. The number of methoxy groups -OCH3 is 1. The highest BCUT2D eigenvalue weighted by molar-refractivity contribution is 5.97. The van der Waals surface area contributed by atoms with Crippen LogP contribution in [0.4, 0.5) is 0 Å². The number of carbonyl (C=O) groups is 2. The predicted octanol–water partition coefficient (Wildman–Crippen LogP) is 1.27. The van der Waals surface area contributed by atoms with Crippen LogP contribution in [0.1, 0.15) is 30.6 Å². The summed E-state index contributed by atoms with van der Waals surface area (Å²) in [6.07, 6.45) is 0.944. The molecule has 0 bridgehead atoms. The van der Waals surface area contributed by atoms with Crippen LogP contribution in [-0.4, -0.2) is 56.0 Å². The molecule has 1 aromatic carbocycles. The lowest BCUT2D eigenvalue weighted by Gasteiger charge is -2.30. The van der Waals surface area contributed by atoms with Crippen LogP contribution in [0.3, 0.4) is 0 Å². The first-order chi connectivity index (χ1) is 11.4. The van der Waals surface area contributed by atoms with Gasteiger partial charge in [0.05, 0.1) is 7.11 Å². The van der Waals surface area contributed by atoms with Gasteiger partial charge < -0.3 is 20.3 Å². The minimum absolute atomic E-state index is 0.0107. The monoisotopic (exact) mass is 333 g/mol. The first-order valence-electron chi connectivity index (χ1n) is 8.36. The number of ether oxygens (including phenoxy) is 1. The van der Waals surface area contributed by atoms with Crippen molar-refractivity contribution in [1.29, 1.82) is 0 Å². The molecule has 0 aliphatic carbocycles. The van der Waals surface area contributed by atoms with E-state index in [4.69, 9.17) is 4.74 Å².